The van der Waals surface area contributed by atoms with Crippen molar-refractivity contribution in [3.05, 3.63) is 52.3 Å². The molecule has 1 aromatic heterocycles. The van der Waals surface area contributed by atoms with Crippen LogP contribution in [0.4, 0.5) is 19.1 Å². The van der Waals surface area contributed by atoms with E-state index < -0.39 is 11.9 Å². The van der Waals surface area contributed by atoms with Crippen LogP contribution in [0.15, 0.2) is 41.0 Å². The number of anilines is 1. The van der Waals surface area contributed by atoms with Gasteiger partial charge in [-0.25, -0.2) is 9.97 Å². The number of hydrogen-bond donors (Lipinski definition) is 2. The Balaban J connectivity index is 1.73. The van der Waals surface area contributed by atoms with Gasteiger partial charge in [0, 0.05) is 29.3 Å². The molecule has 1 amide bonds. The van der Waals surface area contributed by atoms with Crippen LogP contribution in [0.2, 0.25) is 0 Å². The normalized spacial score (nSPS) is 11.2. The highest BCUT2D eigenvalue weighted by molar-refractivity contribution is 9.10. The quantitative estimate of drug-likeness (QED) is 0.725. The van der Waals surface area contributed by atoms with Crippen LogP contribution < -0.4 is 10.6 Å². The van der Waals surface area contributed by atoms with Gasteiger partial charge in [0.2, 0.25) is 5.95 Å². The van der Waals surface area contributed by atoms with Gasteiger partial charge in [-0.15, -0.1) is 0 Å². The molecule has 2 N–H and O–H groups in total. The number of nitrogens with zero attached hydrogens (tertiary/aromatic N) is 2. The van der Waals surface area contributed by atoms with Crippen LogP contribution >= 0.6 is 15.9 Å². The smallest absolute Gasteiger partial charge is 0.354 e. The van der Waals surface area contributed by atoms with Crippen molar-refractivity contribution in [3.8, 4) is 0 Å². The molecule has 0 aliphatic rings. The number of carbonyl (C=O) groups excluding carboxylic acids is 1. The zero-order valence-corrected chi connectivity index (χ0v) is 14.0. The van der Waals surface area contributed by atoms with Gasteiger partial charge < -0.3 is 10.6 Å². The number of halogens is 4. The average molecular weight is 403 g/mol. The molecule has 0 aliphatic carbocycles. The lowest BCUT2D eigenvalue weighted by Gasteiger charge is -2.09. The molecule has 1 aromatic carbocycles. The highest BCUT2D eigenvalue weighted by Gasteiger charge is 2.32. The standard InChI is InChI=1S/C15H14BrF3N4O/c16-11-4-2-10(3-5-11)13(24)20-7-1-8-21-14-22-9-6-12(23-14)15(17,18)19/h2-6,9H,1,7-8H2,(H,20,24)(H,21,22,23). The van der Waals surface area contributed by atoms with Crippen molar-refractivity contribution < 1.29 is 18.0 Å². The van der Waals surface area contributed by atoms with Gasteiger partial charge >= 0.3 is 6.18 Å². The Kier molecular flexibility index (Phi) is 6.13. The van der Waals surface area contributed by atoms with Gasteiger partial charge in [0.25, 0.3) is 5.91 Å². The minimum absolute atomic E-state index is 0.0935. The summed E-state index contributed by atoms with van der Waals surface area (Å²) in [6.45, 7) is 0.711. The molecule has 9 heteroatoms. The average Bonchev–Trinajstić information content (AvgIpc) is 2.54. The molecule has 1 heterocycles. The minimum Gasteiger partial charge on any atom is -0.354 e. The molecule has 0 aliphatic heterocycles. The molecule has 0 spiro atoms. The lowest BCUT2D eigenvalue weighted by Crippen LogP contribution is -2.26. The van der Waals surface area contributed by atoms with Gasteiger partial charge in [0.15, 0.2) is 0 Å². The molecule has 5 nitrogen and oxygen atoms in total. The van der Waals surface area contributed by atoms with Crippen molar-refractivity contribution in [1.29, 1.82) is 0 Å². The summed E-state index contributed by atoms with van der Waals surface area (Å²) in [7, 11) is 0. The second-order valence-corrected chi connectivity index (χ2v) is 5.72. The molecule has 0 unspecified atom stereocenters. The fraction of sp³-hybridized carbons (Fsp3) is 0.267. The maximum atomic E-state index is 12.5. The van der Waals surface area contributed by atoms with E-state index in [1.807, 2.05) is 0 Å². The zero-order valence-electron chi connectivity index (χ0n) is 12.4. The molecule has 0 fully saturated rings. The van der Waals surface area contributed by atoms with E-state index in [2.05, 4.69) is 36.5 Å². The Bertz CT molecular complexity index is 692. The van der Waals surface area contributed by atoms with Gasteiger partial charge in [0.05, 0.1) is 0 Å². The summed E-state index contributed by atoms with van der Waals surface area (Å²) in [6, 6.07) is 7.72. The van der Waals surface area contributed by atoms with Crippen LogP contribution in [0.5, 0.6) is 0 Å². The number of hydrogen-bond acceptors (Lipinski definition) is 4. The number of rotatable bonds is 6. The molecule has 128 valence electrons. The van der Waals surface area contributed by atoms with Gasteiger partial charge in [-0.1, -0.05) is 15.9 Å². The van der Waals surface area contributed by atoms with E-state index in [0.29, 0.717) is 25.1 Å². The molecular formula is C15H14BrF3N4O. The zero-order chi connectivity index (χ0) is 17.6. The first kappa shape index (κ1) is 18.2. The van der Waals surface area contributed by atoms with Gasteiger partial charge in [-0.3, -0.25) is 4.79 Å². The molecule has 0 saturated heterocycles. The Labute approximate surface area is 144 Å². The highest BCUT2D eigenvalue weighted by atomic mass is 79.9. The maximum absolute atomic E-state index is 12.5. The van der Waals surface area contributed by atoms with Crippen molar-refractivity contribution in [2.24, 2.45) is 0 Å². The van der Waals surface area contributed by atoms with E-state index in [1.165, 1.54) is 0 Å². The number of amides is 1. The van der Waals surface area contributed by atoms with Crippen molar-refractivity contribution in [2.75, 3.05) is 18.4 Å². The van der Waals surface area contributed by atoms with Crippen molar-refractivity contribution in [2.45, 2.75) is 12.6 Å². The largest absolute Gasteiger partial charge is 0.433 e. The second kappa shape index (κ2) is 8.09. The lowest BCUT2D eigenvalue weighted by atomic mass is 10.2. The van der Waals surface area contributed by atoms with Gasteiger partial charge in [-0.2, -0.15) is 13.2 Å². The lowest BCUT2D eigenvalue weighted by molar-refractivity contribution is -0.141. The van der Waals surface area contributed by atoms with E-state index in [9.17, 15) is 18.0 Å². The van der Waals surface area contributed by atoms with Crippen molar-refractivity contribution in [1.82, 2.24) is 15.3 Å². The Morgan fingerprint density at radius 3 is 2.50 bits per heavy atom. The van der Waals surface area contributed by atoms with Crippen LogP contribution in [-0.4, -0.2) is 29.0 Å². The Morgan fingerprint density at radius 1 is 1.12 bits per heavy atom. The molecule has 24 heavy (non-hydrogen) atoms. The fourth-order valence-corrected chi connectivity index (χ4v) is 2.06. The Morgan fingerprint density at radius 2 is 1.83 bits per heavy atom. The van der Waals surface area contributed by atoms with Crippen LogP contribution in [0.1, 0.15) is 22.5 Å². The first-order valence-corrected chi connectivity index (χ1v) is 7.83. The SMILES string of the molecule is O=C(NCCCNc1nccc(C(F)(F)F)n1)c1ccc(Br)cc1. The monoisotopic (exact) mass is 402 g/mol. The molecule has 2 rings (SSSR count). The van der Waals surface area contributed by atoms with Crippen LogP contribution in [0.3, 0.4) is 0 Å². The first-order valence-electron chi connectivity index (χ1n) is 7.04. The fourth-order valence-electron chi connectivity index (χ4n) is 1.80. The number of carbonyl (C=O) groups is 1. The highest BCUT2D eigenvalue weighted by Crippen LogP contribution is 2.27. The molecule has 2 aromatic rings. The molecular weight excluding hydrogens is 389 g/mol. The molecule has 0 bridgehead atoms. The maximum Gasteiger partial charge on any atom is 0.433 e. The number of benzene rings is 1. The van der Waals surface area contributed by atoms with Gasteiger partial charge in [-0.05, 0) is 36.8 Å². The van der Waals surface area contributed by atoms with E-state index in [1.54, 1.807) is 24.3 Å². The summed E-state index contributed by atoms with van der Waals surface area (Å²) in [5.41, 5.74) is -0.462. The summed E-state index contributed by atoms with van der Waals surface area (Å²) >= 11 is 3.28. The van der Waals surface area contributed by atoms with Crippen LogP contribution in [-0.2, 0) is 6.18 Å². The predicted octanol–water partition coefficient (Wildman–Crippen LogP) is 3.49. The topological polar surface area (TPSA) is 66.9 Å². The second-order valence-electron chi connectivity index (χ2n) is 4.81. The van der Waals surface area contributed by atoms with Crippen molar-refractivity contribution >= 4 is 27.8 Å². The molecule has 0 radical (unpaired) electrons. The first-order chi connectivity index (χ1) is 11.4. The van der Waals surface area contributed by atoms with E-state index in [4.69, 9.17) is 0 Å². The van der Waals surface area contributed by atoms with Crippen molar-refractivity contribution in [3.63, 3.8) is 0 Å². The Hall–Kier alpha value is -2.16. The van der Waals surface area contributed by atoms with Gasteiger partial charge in [0.1, 0.15) is 5.69 Å². The molecule has 0 atom stereocenters. The van der Waals surface area contributed by atoms with E-state index in [-0.39, 0.29) is 11.9 Å². The van der Waals surface area contributed by atoms with Crippen LogP contribution in [0.25, 0.3) is 0 Å². The van der Waals surface area contributed by atoms with Crippen LogP contribution in [0, 0.1) is 0 Å². The van der Waals surface area contributed by atoms with E-state index >= 15 is 0 Å². The third-order valence-corrected chi connectivity index (χ3v) is 3.50. The summed E-state index contributed by atoms with van der Waals surface area (Å²) in [4.78, 5) is 19.0. The number of aromatic nitrogens is 2. The summed E-state index contributed by atoms with van der Waals surface area (Å²) in [6.07, 6.45) is -2.94. The summed E-state index contributed by atoms with van der Waals surface area (Å²) < 4.78 is 38.4. The minimum atomic E-state index is -4.50. The number of alkyl halides is 3. The van der Waals surface area contributed by atoms with E-state index in [0.717, 1.165) is 16.7 Å². The molecule has 0 saturated carbocycles. The summed E-state index contributed by atoms with van der Waals surface area (Å²) in [5, 5.41) is 5.42. The third-order valence-electron chi connectivity index (χ3n) is 2.97. The summed E-state index contributed by atoms with van der Waals surface area (Å²) in [5.74, 6) is -0.304. The predicted molar refractivity (Wildman–Crippen MR) is 86.6 cm³/mol. The number of nitrogens with one attached hydrogen (secondary N) is 2. The third kappa shape index (κ3) is 5.48.